The number of nitrogens with zero attached hydrogens (tertiary/aromatic N) is 2. The molecule has 0 radical (unpaired) electrons. The smallest absolute Gasteiger partial charge is 0.261 e. The normalized spacial score (nSPS) is 11.9. The van der Waals surface area contributed by atoms with Gasteiger partial charge in [-0.2, -0.15) is 4.98 Å². The number of ether oxygens (including phenoxy) is 1. The van der Waals surface area contributed by atoms with E-state index in [1.165, 1.54) is 0 Å². The Morgan fingerprint density at radius 2 is 1.96 bits per heavy atom. The zero-order valence-electron chi connectivity index (χ0n) is 15.3. The van der Waals surface area contributed by atoms with Gasteiger partial charge in [0, 0.05) is 10.6 Å². The number of amides is 1. The van der Waals surface area contributed by atoms with Gasteiger partial charge in [-0.25, -0.2) is 0 Å². The number of aryl methyl sites for hydroxylation is 1. The van der Waals surface area contributed by atoms with Crippen LogP contribution in [0.5, 0.6) is 5.75 Å². The van der Waals surface area contributed by atoms with Gasteiger partial charge in [-0.3, -0.25) is 4.79 Å². The number of carbonyl (C=O) groups is 1. The van der Waals surface area contributed by atoms with Crippen molar-refractivity contribution in [2.45, 2.75) is 33.4 Å². The maximum absolute atomic E-state index is 12.3. The summed E-state index contributed by atoms with van der Waals surface area (Å²) in [5, 5.41) is 7.29. The van der Waals surface area contributed by atoms with Crippen molar-refractivity contribution in [2.24, 2.45) is 0 Å². The topological polar surface area (TPSA) is 77.2 Å². The van der Waals surface area contributed by atoms with E-state index in [9.17, 15) is 4.79 Å². The van der Waals surface area contributed by atoms with Crippen LogP contribution in [-0.2, 0) is 11.3 Å². The summed E-state index contributed by atoms with van der Waals surface area (Å²) in [7, 11) is 0. The maximum atomic E-state index is 12.3. The molecule has 1 N–H and O–H groups in total. The molecule has 0 saturated heterocycles. The summed E-state index contributed by atoms with van der Waals surface area (Å²) in [5.74, 6) is 1.19. The second kappa shape index (κ2) is 8.22. The predicted octanol–water partition coefficient (Wildman–Crippen LogP) is 4.09. The van der Waals surface area contributed by atoms with Crippen LogP contribution in [0.15, 0.2) is 47.0 Å². The van der Waals surface area contributed by atoms with Crippen molar-refractivity contribution in [3.05, 3.63) is 64.5 Å². The second-order valence-electron chi connectivity index (χ2n) is 6.19. The molecule has 0 aliphatic rings. The lowest BCUT2D eigenvalue weighted by Crippen LogP contribution is -2.36. The van der Waals surface area contributed by atoms with E-state index in [2.05, 4.69) is 15.5 Å². The van der Waals surface area contributed by atoms with Crippen LogP contribution < -0.4 is 10.1 Å². The summed E-state index contributed by atoms with van der Waals surface area (Å²) < 4.78 is 11.0. The molecule has 0 unspecified atom stereocenters. The molecule has 0 fully saturated rings. The molecule has 0 bridgehead atoms. The minimum atomic E-state index is -0.649. The van der Waals surface area contributed by atoms with Crippen molar-refractivity contribution in [2.75, 3.05) is 0 Å². The minimum Gasteiger partial charge on any atom is -0.481 e. The third-order valence-corrected chi connectivity index (χ3v) is 4.46. The van der Waals surface area contributed by atoms with E-state index in [4.69, 9.17) is 20.9 Å². The van der Waals surface area contributed by atoms with Crippen LogP contribution in [-0.4, -0.2) is 22.2 Å². The van der Waals surface area contributed by atoms with E-state index < -0.39 is 6.10 Å². The Morgan fingerprint density at radius 1 is 1.22 bits per heavy atom. The standard InChI is InChI=1S/C20H20ClN3O3/c1-12-5-4-6-17(13(12)2)26-14(3)20(25)22-11-18-23-19(24-27-18)15-7-9-16(21)10-8-15/h4-10,14H,11H2,1-3H3,(H,22,25)/t14-/m0/s1. The van der Waals surface area contributed by atoms with Gasteiger partial charge in [-0.05, 0) is 62.2 Å². The summed E-state index contributed by atoms with van der Waals surface area (Å²) in [5.41, 5.74) is 2.91. The third kappa shape index (κ3) is 4.65. The van der Waals surface area contributed by atoms with E-state index in [1.807, 2.05) is 32.0 Å². The Labute approximate surface area is 162 Å². The molecule has 1 atom stereocenters. The lowest BCUT2D eigenvalue weighted by Gasteiger charge is -2.16. The molecule has 0 aliphatic heterocycles. The molecular formula is C20H20ClN3O3. The monoisotopic (exact) mass is 385 g/mol. The first-order valence-corrected chi connectivity index (χ1v) is 8.91. The number of hydrogen-bond donors (Lipinski definition) is 1. The molecule has 1 aromatic heterocycles. The SMILES string of the molecule is Cc1cccc(O[C@@H](C)C(=O)NCc2nc(-c3ccc(Cl)cc3)no2)c1C. The molecule has 7 heteroatoms. The fourth-order valence-corrected chi connectivity index (χ4v) is 2.57. The lowest BCUT2D eigenvalue weighted by molar-refractivity contribution is -0.127. The molecular weight excluding hydrogens is 366 g/mol. The number of halogens is 1. The van der Waals surface area contributed by atoms with E-state index in [-0.39, 0.29) is 12.5 Å². The lowest BCUT2D eigenvalue weighted by atomic mass is 10.1. The van der Waals surface area contributed by atoms with Crippen molar-refractivity contribution in [3.63, 3.8) is 0 Å². The number of benzene rings is 2. The van der Waals surface area contributed by atoms with Crippen LogP contribution in [0.3, 0.4) is 0 Å². The van der Waals surface area contributed by atoms with Crippen molar-refractivity contribution in [1.82, 2.24) is 15.5 Å². The van der Waals surface area contributed by atoms with Crippen molar-refractivity contribution in [3.8, 4) is 17.1 Å². The zero-order valence-corrected chi connectivity index (χ0v) is 16.1. The second-order valence-corrected chi connectivity index (χ2v) is 6.63. The summed E-state index contributed by atoms with van der Waals surface area (Å²) in [6.07, 6.45) is -0.649. The molecule has 1 amide bonds. The van der Waals surface area contributed by atoms with Crippen LogP contribution in [0.1, 0.15) is 23.9 Å². The molecule has 140 valence electrons. The van der Waals surface area contributed by atoms with Gasteiger partial charge in [-0.1, -0.05) is 28.9 Å². The van der Waals surface area contributed by atoms with Crippen LogP contribution in [0, 0.1) is 13.8 Å². The summed E-state index contributed by atoms with van der Waals surface area (Å²) in [4.78, 5) is 16.6. The van der Waals surface area contributed by atoms with Crippen LogP contribution in [0.25, 0.3) is 11.4 Å². The van der Waals surface area contributed by atoms with Gasteiger partial charge < -0.3 is 14.6 Å². The Kier molecular flexibility index (Phi) is 5.76. The fourth-order valence-electron chi connectivity index (χ4n) is 2.45. The van der Waals surface area contributed by atoms with Crippen molar-refractivity contribution in [1.29, 1.82) is 0 Å². The van der Waals surface area contributed by atoms with Gasteiger partial charge in [0.2, 0.25) is 11.7 Å². The highest BCUT2D eigenvalue weighted by Gasteiger charge is 2.17. The number of hydrogen-bond acceptors (Lipinski definition) is 5. The summed E-state index contributed by atoms with van der Waals surface area (Å²) in [6, 6.07) is 12.9. The highest BCUT2D eigenvalue weighted by Crippen LogP contribution is 2.22. The highest BCUT2D eigenvalue weighted by molar-refractivity contribution is 6.30. The Bertz CT molecular complexity index is 938. The maximum Gasteiger partial charge on any atom is 0.261 e. The van der Waals surface area contributed by atoms with Gasteiger partial charge in [0.05, 0.1) is 6.54 Å². The van der Waals surface area contributed by atoms with Gasteiger partial charge in [-0.15, -0.1) is 0 Å². The van der Waals surface area contributed by atoms with Gasteiger partial charge >= 0.3 is 0 Å². The van der Waals surface area contributed by atoms with E-state index >= 15 is 0 Å². The first kappa shape index (κ1) is 18.9. The number of rotatable bonds is 6. The van der Waals surface area contributed by atoms with E-state index in [0.29, 0.717) is 22.5 Å². The number of aromatic nitrogens is 2. The molecule has 0 aliphatic carbocycles. The predicted molar refractivity (Wildman–Crippen MR) is 103 cm³/mol. The Hall–Kier alpha value is -2.86. The molecule has 27 heavy (non-hydrogen) atoms. The summed E-state index contributed by atoms with van der Waals surface area (Å²) >= 11 is 5.87. The molecule has 1 heterocycles. The van der Waals surface area contributed by atoms with Gasteiger partial charge in [0.15, 0.2) is 6.10 Å². The Morgan fingerprint density at radius 3 is 2.70 bits per heavy atom. The molecule has 0 spiro atoms. The van der Waals surface area contributed by atoms with Crippen LogP contribution in [0.4, 0.5) is 0 Å². The van der Waals surface area contributed by atoms with E-state index in [1.54, 1.807) is 31.2 Å². The van der Waals surface area contributed by atoms with Gasteiger partial charge in [0.1, 0.15) is 5.75 Å². The molecule has 3 aromatic rings. The first-order valence-electron chi connectivity index (χ1n) is 8.53. The number of nitrogens with one attached hydrogen (secondary N) is 1. The molecule has 6 nitrogen and oxygen atoms in total. The summed E-state index contributed by atoms with van der Waals surface area (Å²) in [6.45, 7) is 5.79. The van der Waals surface area contributed by atoms with Crippen LogP contribution in [0.2, 0.25) is 5.02 Å². The molecule has 2 aromatic carbocycles. The fraction of sp³-hybridized carbons (Fsp3) is 0.250. The zero-order chi connectivity index (χ0) is 19.4. The highest BCUT2D eigenvalue weighted by atomic mass is 35.5. The molecule has 3 rings (SSSR count). The average Bonchev–Trinajstić information content (AvgIpc) is 3.13. The minimum absolute atomic E-state index is 0.125. The quantitative estimate of drug-likeness (QED) is 0.691. The average molecular weight is 386 g/mol. The van der Waals surface area contributed by atoms with Gasteiger partial charge in [0.25, 0.3) is 5.91 Å². The largest absolute Gasteiger partial charge is 0.481 e. The van der Waals surface area contributed by atoms with Crippen LogP contribution >= 0.6 is 11.6 Å². The number of carbonyl (C=O) groups excluding carboxylic acids is 1. The van der Waals surface area contributed by atoms with Crippen molar-refractivity contribution < 1.29 is 14.1 Å². The first-order chi connectivity index (χ1) is 12.9. The Balaban J connectivity index is 1.57. The molecule has 0 saturated carbocycles. The van der Waals surface area contributed by atoms with Crippen molar-refractivity contribution >= 4 is 17.5 Å². The third-order valence-electron chi connectivity index (χ3n) is 4.21. The van der Waals surface area contributed by atoms with E-state index in [0.717, 1.165) is 16.7 Å².